The number of hydrogen-bond acceptors (Lipinski definition) is 6. The molecular formula is C23H26ClN5O2S. The fourth-order valence-corrected chi connectivity index (χ4v) is 5.01. The molecule has 0 saturated carbocycles. The predicted molar refractivity (Wildman–Crippen MR) is 128 cm³/mol. The van der Waals surface area contributed by atoms with Gasteiger partial charge in [-0.1, -0.05) is 55.4 Å². The molecule has 1 amide bonds. The van der Waals surface area contributed by atoms with Gasteiger partial charge >= 0.3 is 0 Å². The highest BCUT2D eigenvalue weighted by Gasteiger charge is 2.38. The third-order valence-corrected chi connectivity index (χ3v) is 6.91. The van der Waals surface area contributed by atoms with Gasteiger partial charge in [0.25, 0.3) is 0 Å². The van der Waals surface area contributed by atoms with Gasteiger partial charge < -0.3 is 15.5 Å². The lowest BCUT2D eigenvalue weighted by atomic mass is 10.0. The molecule has 1 aromatic heterocycles. The smallest absolute Gasteiger partial charge is 0.240 e. The highest BCUT2D eigenvalue weighted by molar-refractivity contribution is 8.00. The number of benzene rings is 2. The summed E-state index contributed by atoms with van der Waals surface area (Å²) in [6.07, 6.45) is 2.69. The molecule has 3 aromatic rings. The van der Waals surface area contributed by atoms with E-state index in [1.54, 1.807) is 7.11 Å². The summed E-state index contributed by atoms with van der Waals surface area (Å²) in [5, 5.41) is 12.3. The van der Waals surface area contributed by atoms with Crippen molar-refractivity contribution in [3.05, 3.63) is 64.4 Å². The van der Waals surface area contributed by atoms with Crippen LogP contribution in [0.4, 0.5) is 5.69 Å². The summed E-state index contributed by atoms with van der Waals surface area (Å²) in [5.41, 5.74) is 6.32. The molecule has 1 aliphatic rings. The van der Waals surface area contributed by atoms with Gasteiger partial charge in [-0.3, -0.25) is 4.79 Å². The zero-order valence-corrected chi connectivity index (χ0v) is 19.8. The van der Waals surface area contributed by atoms with Gasteiger partial charge in [0.2, 0.25) is 11.1 Å². The number of aryl methyl sites for hydroxylation is 2. The number of aromatic nitrogens is 3. The molecule has 2 heterocycles. The maximum Gasteiger partial charge on any atom is 0.240 e. The Kier molecular flexibility index (Phi) is 6.91. The highest BCUT2D eigenvalue weighted by atomic mass is 35.5. The molecule has 1 aliphatic heterocycles. The van der Waals surface area contributed by atoms with Crippen LogP contribution in [0.1, 0.15) is 43.3 Å². The van der Waals surface area contributed by atoms with Crippen molar-refractivity contribution in [3.63, 3.8) is 0 Å². The van der Waals surface area contributed by atoms with Gasteiger partial charge in [-0.25, -0.2) is 4.68 Å². The fraction of sp³-hybridized carbons (Fsp3) is 0.348. The van der Waals surface area contributed by atoms with E-state index in [0.717, 1.165) is 36.3 Å². The average molecular weight is 472 g/mol. The maximum atomic E-state index is 13.4. The Bertz CT molecular complexity index is 1100. The minimum Gasteiger partial charge on any atom is -0.495 e. The van der Waals surface area contributed by atoms with E-state index in [1.807, 2.05) is 47.1 Å². The molecule has 0 unspecified atom stereocenters. The van der Waals surface area contributed by atoms with Crippen molar-refractivity contribution in [2.24, 2.45) is 0 Å². The van der Waals surface area contributed by atoms with Crippen LogP contribution >= 0.6 is 23.4 Å². The molecule has 0 aliphatic carbocycles. The number of rotatable bonds is 7. The van der Waals surface area contributed by atoms with E-state index in [2.05, 4.69) is 34.8 Å². The number of fused-ring (bicyclic) bond motifs is 1. The fourth-order valence-electron chi connectivity index (χ4n) is 3.65. The number of thioether (sulfide) groups is 1. The van der Waals surface area contributed by atoms with Crippen LogP contribution in [0.25, 0.3) is 0 Å². The Morgan fingerprint density at radius 2 is 2.00 bits per heavy atom. The molecule has 2 N–H and O–H groups in total. The lowest BCUT2D eigenvalue weighted by Gasteiger charge is -2.33. The first-order valence-electron chi connectivity index (χ1n) is 10.6. The second kappa shape index (κ2) is 9.83. The lowest BCUT2D eigenvalue weighted by Crippen LogP contribution is -2.41. The molecule has 2 atom stereocenters. The number of nitrogens with one attached hydrogen (secondary N) is 2. The van der Waals surface area contributed by atoms with Gasteiger partial charge in [-0.05, 0) is 48.2 Å². The van der Waals surface area contributed by atoms with E-state index >= 15 is 0 Å². The Morgan fingerprint density at radius 3 is 2.66 bits per heavy atom. The number of ether oxygens (including phenoxy) is 1. The predicted octanol–water partition coefficient (Wildman–Crippen LogP) is 4.85. The van der Waals surface area contributed by atoms with E-state index in [1.165, 1.54) is 17.3 Å². The standard InChI is InChI=1S/C23H26ClN5O2S/c1-4-6-19-26-27-23-29(19)28-20(15-9-12-18(31-3)17(24)13-15)21(32-23)22(30)25-16-10-7-14(5-2)8-11-16/h7-13,20-21,28H,4-6H2,1-3H3,(H,25,30)/t20-,21-/m1/s1. The van der Waals surface area contributed by atoms with Crippen LogP contribution in [0.15, 0.2) is 47.6 Å². The van der Waals surface area contributed by atoms with Crippen LogP contribution in [-0.2, 0) is 17.6 Å². The largest absolute Gasteiger partial charge is 0.495 e. The number of carbonyl (C=O) groups is 1. The lowest BCUT2D eigenvalue weighted by molar-refractivity contribution is -0.116. The number of methoxy groups -OCH3 is 1. The van der Waals surface area contributed by atoms with E-state index in [0.29, 0.717) is 15.9 Å². The SMILES string of the molecule is CCCc1nnc2n1N[C@H](c1ccc(OC)c(Cl)c1)[C@H](C(=O)Nc1ccc(CC)cc1)S2. The number of hydrogen-bond donors (Lipinski definition) is 2. The zero-order chi connectivity index (χ0) is 22.7. The summed E-state index contributed by atoms with van der Waals surface area (Å²) in [4.78, 5) is 13.4. The Hall–Kier alpha value is -2.71. The average Bonchev–Trinajstić information content (AvgIpc) is 3.20. The summed E-state index contributed by atoms with van der Waals surface area (Å²) < 4.78 is 7.18. The molecule has 0 radical (unpaired) electrons. The summed E-state index contributed by atoms with van der Waals surface area (Å²) >= 11 is 7.80. The monoisotopic (exact) mass is 471 g/mol. The molecule has 0 saturated heterocycles. The molecule has 0 spiro atoms. The number of halogens is 1. The van der Waals surface area contributed by atoms with Crippen LogP contribution in [0.5, 0.6) is 5.75 Å². The van der Waals surface area contributed by atoms with Crippen molar-refractivity contribution in [1.82, 2.24) is 14.9 Å². The van der Waals surface area contributed by atoms with Gasteiger partial charge in [0, 0.05) is 12.1 Å². The van der Waals surface area contributed by atoms with Crippen molar-refractivity contribution in [2.45, 2.75) is 49.6 Å². The Labute approximate surface area is 196 Å². The minimum absolute atomic E-state index is 0.116. The zero-order valence-electron chi connectivity index (χ0n) is 18.3. The number of carbonyl (C=O) groups excluding carboxylic acids is 1. The van der Waals surface area contributed by atoms with E-state index < -0.39 is 5.25 Å². The second-order valence-electron chi connectivity index (χ2n) is 7.56. The quantitative estimate of drug-likeness (QED) is 0.512. The minimum atomic E-state index is -0.475. The van der Waals surface area contributed by atoms with Crippen LogP contribution in [0, 0.1) is 0 Å². The molecule has 4 rings (SSSR count). The molecule has 32 heavy (non-hydrogen) atoms. The van der Waals surface area contributed by atoms with Crippen LogP contribution in [-0.4, -0.2) is 33.1 Å². The molecule has 2 aromatic carbocycles. The summed E-state index contributed by atoms with van der Waals surface area (Å²) in [7, 11) is 1.58. The summed E-state index contributed by atoms with van der Waals surface area (Å²) in [6.45, 7) is 4.20. The maximum absolute atomic E-state index is 13.4. The van der Waals surface area contributed by atoms with E-state index in [4.69, 9.17) is 16.3 Å². The van der Waals surface area contributed by atoms with E-state index in [-0.39, 0.29) is 11.9 Å². The highest BCUT2D eigenvalue weighted by Crippen LogP contribution is 2.39. The number of nitrogens with zero attached hydrogens (tertiary/aromatic N) is 3. The molecule has 0 bridgehead atoms. The molecule has 7 nitrogen and oxygen atoms in total. The van der Waals surface area contributed by atoms with Gasteiger partial charge in [-0.2, -0.15) is 0 Å². The van der Waals surface area contributed by atoms with Gasteiger partial charge in [0.1, 0.15) is 11.0 Å². The summed E-state index contributed by atoms with van der Waals surface area (Å²) in [5.74, 6) is 1.32. The van der Waals surface area contributed by atoms with E-state index in [9.17, 15) is 4.79 Å². The van der Waals surface area contributed by atoms with Crippen molar-refractivity contribution < 1.29 is 9.53 Å². The van der Waals surface area contributed by atoms with Crippen LogP contribution in [0.2, 0.25) is 5.02 Å². The van der Waals surface area contributed by atoms with Crippen molar-refractivity contribution in [2.75, 3.05) is 17.9 Å². The normalized spacial score (nSPS) is 17.4. The Morgan fingerprint density at radius 1 is 1.22 bits per heavy atom. The van der Waals surface area contributed by atoms with Crippen LogP contribution < -0.4 is 15.5 Å². The number of amides is 1. The third kappa shape index (κ3) is 4.56. The molecule has 9 heteroatoms. The van der Waals surface area contributed by atoms with Crippen molar-refractivity contribution in [1.29, 1.82) is 0 Å². The molecule has 0 fully saturated rings. The molecule has 168 valence electrons. The van der Waals surface area contributed by atoms with Gasteiger partial charge in [-0.15, -0.1) is 10.2 Å². The van der Waals surface area contributed by atoms with Crippen LogP contribution in [0.3, 0.4) is 0 Å². The summed E-state index contributed by atoms with van der Waals surface area (Å²) in [6, 6.07) is 13.1. The van der Waals surface area contributed by atoms with Gasteiger partial charge in [0.05, 0.1) is 18.2 Å². The van der Waals surface area contributed by atoms with Crippen molar-refractivity contribution >= 4 is 35.0 Å². The Balaban J connectivity index is 1.66. The molecular weight excluding hydrogens is 446 g/mol. The first-order valence-corrected chi connectivity index (χ1v) is 11.9. The topological polar surface area (TPSA) is 81.1 Å². The number of anilines is 1. The third-order valence-electron chi connectivity index (χ3n) is 5.40. The second-order valence-corrected chi connectivity index (χ2v) is 9.08. The van der Waals surface area contributed by atoms with Crippen molar-refractivity contribution in [3.8, 4) is 5.75 Å². The first-order chi connectivity index (χ1) is 15.5. The first kappa shape index (κ1) is 22.5. The van der Waals surface area contributed by atoms with Gasteiger partial charge in [0.15, 0.2) is 5.82 Å².